The molecule has 0 spiro atoms. The molecule has 54 valence electrons. The van der Waals surface area contributed by atoms with Gasteiger partial charge in [-0.1, -0.05) is 0 Å². The Morgan fingerprint density at radius 1 is 1.67 bits per heavy atom. The van der Waals surface area contributed by atoms with Gasteiger partial charge in [0.1, 0.15) is 6.29 Å². The van der Waals surface area contributed by atoms with Gasteiger partial charge in [-0.2, -0.15) is 0 Å². The standard InChI is InChI=1S/C5H11NO3/c6-4(2-7)1-5(9)3-8/h2,4-5,8-9H,1,3,6H2/t4-,5+/m1/s1. The molecule has 0 fully saturated rings. The number of hydrogen-bond donors (Lipinski definition) is 3. The van der Waals surface area contributed by atoms with Gasteiger partial charge in [0.15, 0.2) is 0 Å². The largest absolute Gasteiger partial charge is 0.394 e. The summed E-state index contributed by atoms with van der Waals surface area (Å²) < 4.78 is 0. The van der Waals surface area contributed by atoms with Crippen molar-refractivity contribution in [3.8, 4) is 0 Å². The molecule has 0 saturated heterocycles. The Hall–Kier alpha value is -0.450. The molecule has 0 aliphatic carbocycles. The van der Waals surface area contributed by atoms with Crippen LogP contribution < -0.4 is 5.73 Å². The van der Waals surface area contributed by atoms with Crippen LogP contribution in [0.5, 0.6) is 0 Å². The Kier molecular flexibility index (Phi) is 4.21. The molecule has 0 aromatic heterocycles. The summed E-state index contributed by atoms with van der Waals surface area (Å²) in [5, 5.41) is 16.9. The SMILES string of the molecule is N[C@@H](C=O)C[C@H](O)CO. The van der Waals surface area contributed by atoms with E-state index < -0.39 is 12.1 Å². The van der Waals surface area contributed by atoms with Crippen molar-refractivity contribution >= 4 is 6.29 Å². The van der Waals surface area contributed by atoms with Crippen molar-refractivity contribution in [1.82, 2.24) is 0 Å². The highest BCUT2D eigenvalue weighted by atomic mass is 16.3. The minimum Gasteiger partial charge on any atom is -0.394 e. The molecule has 4 N–H and O–H groups in total. The number of nitrogens with two attached hydrogens (primary N) is 1. The van der Waals surface area contributed by atoms with Crippen LogP contribution >= 0.6 is 0 Å². The van der Waals surface area contributed by atoms with Crippen molar-refractivity contribution in [3.63, 3.8) is 0 Å². The smallest absolute Gasteiger partial charge is 0.136 e. The number of carbonyl (C=O) groups excluding carboxylic acids is 1. The van der Waals surface area contributed by atoms with Crippen molar-refractivity contribution in [2.24, 2.45) is 5.73 Å². The number of carbonyl (C=O) groups is 1. The van der Waals surface area contributed by atoms with Crippen molar-refractivity contribution in [2.45, 2.75) is 18.6 Å². The van der Waals surface area contributed by atoms with Gasteiger partial charge in [-0.05, 0) is 6.42 Å². The van der Waals surface area contributed by atoms with Crippen molar-refractivity contribution < 1.29 is 15.0 Å². The van der Waals surface area contributed by atoms with E-state index in [1.807, 2.05) is 0 Å². The Bertz CT molecular complexity index is 86.3. The minimum atomic E-state index is -0.870. The Morgan fingerprint density at radius 3 is 2.56 bits per heavy atom. The number of hydrogen-bond acceptors (Lipinski definition) is 4. The fourth-order valence-electron chi connectivity index (χ4n) is 0.444. The molecule has 4 heteroatoms. The third-order valence-corrected chi connectivity index (χ3v) is 0.930. The molecule has 0 bridgehead atoms. The van der Waals surface area contributed by atoms with Crippen LogP contribution in [0.4, 0.5) is 0 Å². The molecular weight excluding hydrogens is 122 g/mol. The molecule has 0 aliphatic rings. The topological polar surface area (TPSA) is 83.6 Å². The van der Waals surface area contributed by atoms with Crippen LogP contribution in [-0.2, 0) is 4.79 Å². The summed E-state index contributed by atoms with van der Waals surface area (Å²) in [6, 6.07) is -0.660. The second-order valence-corrected chi connectivity index (χ2v) is 1.87. The molecule has 0 radical (unpaired) electrons. The van der Waals surface area contributed by atoms with Gasteiger partial charge in [-0.25, -0.2) is 0 Å². The molecule has 4 nitrogen and oxygen atoms in total. The number of aliphatic hydroxyl groups is 2. The van der Waals surface area contributed by atoms with Crippen LogP contribution in [-0.4, -0.2) is 35.3 Å². The summed E-state index contributed by atoms with van der Waals surface area (Å²) >= 11 is 0. The predicted molar refractivity (Wildman–Crippen MR) is 31.7 cm³/mol. The van der Waals surface area contributed by atoms with Gasteiger partial charge in [0, 0.05) is 0 Å². The minimum absolute atomic E-state index is 0.125. The zero-order valence-electron chi connectivity index (χ0n) is 5.03. The summed E-state index contributed by atoms with van der Waals surface area (Å²) in [4.78, 5) is 9.84. The van der Waals surface area contributed by atoms with E-state index >= 15 is 0 Å². The zero-order valence-corrected chi connectivity index (χ0v) is 5.03. The van der Waals surface area contributed by atoms with Crippen molar-refractivity contribution in [2.75, 3.05) is 6.61 Å². The summed E-state index contributed by atoms with van der Waals surface area (Å²) in [5.74, 6) is 0. The van der Waals surface area contributed by atoms with Crippen LogP contribution in [0, 0.1) is 0 Å². The monoisotopic (exact) mass is 133 g/mol. The van der Waals surface area contributed by atoms with Gasteiger partial charge in [0.2, 0.25) is 0 Å². The van der Waals surface area contributed by atoms with Gasteiger partial charge in [0.25, 0.3) is 0 Å². The van der Waals surface area contributed by atoms with E-state index in [0.717, 1.165) is 0 Å². The fraction of sp³-hybridized carbons (Fsp3) is 0.800. The quantitative estimate of drug-likeness (QED) is 0.397. The van der Waals surface area contributed by atoms with Crippen molar-refractivity contribution in [1.29, 1.82) is 0 Å². The highest BCUT2D eigenvalue weighted by Gasteiger charge is 2.07. The van der Waals surface area contributed by atoms with Crippen LogP contribution in [0.3, 0.4) is 0 Å². The number of aldehydes is 1. The zero-order chi connectivity index (χ0) is 7.28. The second kappa shape index (κ2) is 4.43. The maximum atomic E-state index is 9.84. The highest BCUT2D eigenvalue weighted by molar-refractivity contribution is 5.56. The molecule has 9 heavy (non-hydrogen) atoms. The van der Waals surface area contributed by atoms with Gasteiger partial charge in [-0.3, -0.25) is 0 Å². The molecule has 2 atom stereocenters. The van der Waals surface area contributed by atoms with Crippen molar-refractivity contribution in [3.05, 3.63) is 0 Å². The van der Waals surface area contributed by atoms with E-state index in [0.29, 0.717) is 6.29 Å². The molecule has 0 amide bonds. The predicted octanol–water partition coefficient (Wildman–Crippen LogP) is -1.74. The summed E-state index contributed by atoms with van der Waals surface area (Å²) in [6.07, 6.45) is -0.205. The Morgan fingerprint density at radius 2 is 2.22 bits per heavy atom. The van der Waals surface area contributed by atoms with Gasteiger partial charge in [0.05, 0.1) is 18.8 Å². The maximum Gasteiger partial charge on any atom is 0.136 e. The van der Waals surface area contributed by atoms with E-state index in [9.17, 15) is 4.79 Å². The molecule has 0 heterocycles. The lowest BCUT2D eigenvalue weighted by molar-refractivity contribution is -0.109. The first-order valence-electron chi connectivity index (χ1n) is 2.70. The van der Waals surface area contributed by atoms with Gasteiger partial charge >= 0.3 is 0 Å². The summed E-state index contributed by atoms with van der Waals surface area (Å²) in [6.45, 7) is -0.346. The lowest BCUT2D eigenvalue weighted by atomic mass is 10.1. The van der Waals surface area contributed by atoms with Crippen LogP contribution in [0.15, 0.2) is 0 Å². The fourth-order valence-corrected chi connectivity index (χ4v) is 0.444. The normalized spacial score (nSPS) is 16.8. The van der Waals surface area contributed by atoms with E-state index in [-0.39, 0.29) is 13.0 Å². The Balaban J connectivity index is 3.33. The summed E-state index contributed by atoms with van der Waals surface area (Å²) in [7, 11) is 0. The van der Waals surface area contributed by atoms with E-state index in [4.69, 9.17) is 15.9 Å². The summed E-state index contributed by atoms with van der Waals surface area (Å²) in [5.41, 5.74) is 5.11. The number of rotatable bonds is 4. The van der Waals surface area contributed by atoms with E-state index in [2.05, 4.69) is 0 Å². The maximum absolute atomic E-state index is 9.84. The first kappa shape index (κ1) is 8.55. The highest BCUT2D eigenvalue weighted by Crippen LogP contribution is 1.91. The third kappa shape index (κ3) is 4.08. The van der Waals surface area contributed by atoms with Crippen LogP contribution in [0.25, 0.3) is 0 Å². The third-order valence-electron chi connectivity index (χ3n) is 0.930. The number of aliphatic hydroxyl groups excluding tert-OH is 2. The molecule has 0 aromatic rings. The first-order chi connectivity index (χ1) is 4.20. The second-order valence-electron chi connectivity index (χ2n) is 1.87. The first-order valence-corrected chi connectivity index (χ1v) is 2.70. The Labute approximate surface area is 53.3 Å². The lowest BCUT2D eigenvalue weighted by Gasteiger charge is -2.07. The van der Waals surface area contributed by atoms with Crippen LogP contribution in [0.2, 0.25) is 0 Å². The van der Waals surface area contributed by atoms with E-state index in [1.165, 1.54) is 0 Å². The molecule has 0 saturated carbocycles. The molecular formula is C5H11NO3. The van der Waals surface area contributed by atoms with Gasteiger partial charge in [-0.15, -0.1) is 0 Å². The molecule has 0 aliphatic heterocycles. The molecule has 0 unspecified atom stereocenters. The van der Waals surface area contributed by atoms with Crippen LogP contribution in [0.1, 0.15) is 6.42 Å². The average Bonchev–Trinajstić information content (AvgIpc) is 1.87. The average molecular weight is 133 g/mol. The van der Waals surface area contributed by atoms with E-state index in [1.54, 1.807) is 0 Å². The lowest BCUT2D eigenvalue weighted by Crippen LogP contribution is -2.28. The molecule has 0 aromatic carbocycles. The van der Waals surface area contributed by atoms with Gasteiger partial charge < -0.3 is 20.7 Å². The molecule has 0 rings (SSSR count).